The van der Waals surface area contributed by atoms with Gasteiger partial charge < -0.3 is 5.32 Å². The fraction of sp³-hybridized carbons (Fsp3) is 0.538. The number of nitrogens with one attached hydrogen (secondary N) is 1. The molecule has 2 heteroatoms. The molecule has 0 aromatic heterocycles. The number of thioether (sulfide) groups is 1. The van der Waals surface area contributed by atoms with E-state index in [4.69, 9.17) is 0 Å². The van der Waals surface area contributed by atoms with Crippen molar-refractivity contribution < 1.29 is 0 Å². The zero-order chi connectivity index (χ0) is 11.3. The molecule has 1 unspecified atom stereocenters. The Bertz CT molecular complexity index is 300. The molecule has 1 rings (SSSR count). The summed E-state index contributed by atoms with van der Waals surface area (Å²) in [4.78, 5) is 1.36. The van der Waals surface area contributed by atoms with E-state index >= 15 is 0 Å². The van der Waals surface area contributed by atoms with E-state index in [0.717, 1.165) is 5.92 Å². The lowest BCUT2D eigenvalue weighted by atomic mass is 9.94. The molecule has 0 spiro atoms. The van der Waals surface area contributed by atoms with E-state index in [1.807, 2.05) is 18.8 Å². The van der Waals surface area contributed by atoms with Crippen LogP contribution in [0.4, 0.5) is 0 Å². The third-order valence-corrected chi connectivity index (χ3v) is 3.84. The monoisotopic (exact) mass is 223 g/mol. The second-order valence-electron chi connectivity index (χ2n) is 3.83. The van der Waals surface area contributed by atoms with Crippen molar-refractivity contribution in [1.29, 1.82) is 0 Å². The first-order valence-electron chi connectivity index (χ1n) is 5.54. The van der Waals surface area contributed by atoms with Gasteiger partial charge in [0.1, 0.15) is 0 Å². The van der Waals surface area contributed by atoms with Crippen LogP contribution < -0.4 is 5.32 Å². The molecule has 0 saturated carbocycles. The highest BCUT2D eigenvalue weighted by atomic mass is 32.2. The second kappa shape index (κ2) is 6.06. The molecule has 0 fully saturated rings. The van der Waals surface area contributed by atoms with E-state index < -0.39 is 0 Å². The van der Waals surface area contributed by atoms with E-state index in [2.05, 4.69) is 43.6 Å². The predicted octanol–water partition coefficient (Wildman–Crippen LogP) is 3.71. The average Bonchev–Trinajstić information content (AvgIpc) is 2.30. The summed E-state index contributed by atoms with van der Waals surface area (Å²) in [5.74, 6) is 0.742. The molecule has 1 atom stereocenters. The predicted molar refractivity (Wildman–Crippen MR) is 70.9 cm³/mol. The standard InChI is InChI=1S/C13H21NS/c1-5-11-6-8-12(9-7-11)13(15-4)10(2)14-3/h6,8-9,11,14H,5,7H2,1-4H3/b13-10-. The Morgan fingerprint density at radius 2 is 2.33 bits per heavy atom. The molecule has 1 aliphatic rings. The SMILES string of the molecule is CCC1C=CC(/C(SC)=C(\C)NC)=CC1. The zero-order valence-corrected chi connectivity index (χ0v) is 10.9. The molecule has 0 aromatic rings. The minimum atomic E-state index is 0.742. The Morgan fingerprint density at radius 3 is 2.73 bits per heavy atom. The molecule has 0 saturated heterocycles. The van der Waals surface area contributed by atoms with Crippen LogP contribution in [0, 0.1) is 5.92 Å². The smallest absolute Gasteiger partial charge is 0.0325 e. The van der Waals surface area contributed by atoms with Crippen molar-refractivity contribution >= 4 is 11.8 Å². The van der Waals surface area contributed by atoms with Crippen LogP contribution in [0.2, 0.25) is 0 Å². The Kier molecular flexibility index (Phi) is 5.03. The molecular formula is C13H21NS. The van der Waals surface area contributed by atoms with Crippen molar-refractivity contribution in [2.75, 3.05) is 13.3 Å². The fourth-order valence-corrected chi connectivity index (χ4v) is 2.53. The minimum absolute atomic E-state index is 0.742. The van der Waals surface area contributed by atoms with Gasteiger partial charge in [0.25, 0.3) is 0 Å². The van der Waals surface area contributed by atoms with Crippen molar-refractivity contribution in [2.24, 2.45) is 5.92 Å². The average molecular weight is 223 g/mol. The highest BCUT2D eigenvalue weighted by molar-refractivity contribution is 8.02. The van der Waals surface area contributed by atoms with Crippen molar-refractivity contribution in [1.82, 2.24) is 5.32 Å². The normalized spacial score (nSPS) is 22.1. The van der Waals surface area contributed by atoms with E-state index in [0.29, 0.717) is 0 Å². The van der Waals surface area contributed by atoms with E-state index in [1.54, 1.807) is 0 Å². The van der Waals surface area contributed by atoms with E-state index in [9.17, 15) is 0 Å². The van der Waals surface area contributed by atoms with Gasteiger partial charge in [-0.1, -0.05) is 25.2 Å². The number of hydrogen-bond donors (Lipinski definition) is 1. The number of hydrogen-bond acceptors (Lipinski definition) is 2. The molecule has 1 N–H and O–H groups in total. The van der Waals surface area contributed by atoms with Gasteiger partial charge >= 0.3 is 0 Å². The van der Waals surface area contributed by atoms with Crippen LogP contribution in [-0.4, -0.2) is 13.3 Å². The molecule has 0 bridgehead atoms. The largest absolute Gasteiger partial charge is 0.391 e. The molecule has 0 aromatic carbocycles. The molecule has 0 aliphatic heterocycles. The number of allylic oxidation sites excluding steroid dienone is 5. The summed E-state index contributed by atoms with van der Waals surface area (Å²) in [6.07, 6.45) is 11.5. The van der Waals surface area contributed by atoms with Gasteiger partial charge in [0.2, 0.25) is 0 Å². The first-order valence-corrected chi connectivity index (χ1v) is 6.76. The van der Waals surface area contributed by atoms with Gasteiger partial charge in [-0.05, 0) is 37.5 Å². The van der Waals surface area contributed by atoms with Crippen LogP contribution in [0.1, 0.15) is 26.7 Å². The first-order chi connectivity index (χ1) is 7.22. The lowest BCUT2D eigenvalue weighted by molar-refractivity contribution is 0.630. The van der Waals surface area contributed by atoms with Crippen LogP contribution in [0.3, 0.4) is 0 Å². The maximum atomic E-state index is 3.22. The zero-order valence-electron chi connectivity index (χ0n) is 10.1. The van der Waals surface area contributed by atoms with Crippen molar-refractivity contribution in [3.63, 3.8) is 0 Å². The topological polar surface area (TPSA) is 12.0 Å². The number of rotatable bonds is 4. The van der Waals surface area contributed by atoms with Crippen LogP contribution >= 0.6 is 11.8 Å². The maximum Gasteiger partial charge on any atom is 0.0325 e. The Hall–Kier alpha value is -0.630. The summed E-state index contributed by atoms with van der Waals surface area (Å²) in [6.45, 7) is 4.38. The summed E-state index contributed by atoms with van der Waals surface area (Å²) >= 11 is 1.82. The Balaban J connectivity index is 2.82. The second-order valence-corrected chi connectivity index (χ2v) is 4.65. The van der Waals surface area contributed by atoms with E-state index in [-0.39, 0.29) is 0 Å². The maximum absolute atomic E-state index is 3.22. The molecule has 0 radical (unpaired) electrons. The Morgan fingerprint density at radius 1 is 1.60 bits per heavy atom. The molecule has 0 amide bonds. The highest BCUT2D eigenvalue weighted by Crippen LogP contribution is 2.30. The summed E-state index contributed by atoms with van der Waals surface area (Å²) in [5.41, 5.74) is 2.63. The minimum Gasteiger partial charge on any atom is -0.391 e. The third-order valence-electron chi connectivity index (χ3n) is 2.89. The highest BCUT2D eigenvalue weighted by Gasteiger charge is 2.10. The lowest BCUT2D eigenvalue weighted by Crippen LogP contribution is -2.07. The van der Waals surface area contributed by atoms with Gasteiger partial charge in [-0.2, -0.15) is 0 Å². The molecule has 84 valence electrons. The summed E-state index contributed by atoms with van der Waals surface area (Å²) in [7, 11) is 1.98. The summed E-state index contributed by atoms with van der Waals surface area (Å²) in [6, 6.07) is 0. The molecule has 1 nitrogen and oxygen atoms in total. The van der Waals surface area contributed by atoms with Gasteiger partial charge in [-0.3, -0.25) is 0 Å². The first kappa shape index (κ1) is 12.4. The summed E-state index contributed by atoms with van der Waals surface area (Å²) in [5, 5.41) is 3.22. The Labute approximate surface area is 97.7 Å². The quantitative estimate of drug-likeness (QED) is 0.779. The van der Waals surface area contributed by atoms with Crippen molar-refractivity contribution in [2.45, 2.75) is 26.7 Å². The lowest BCUT2D eigenvalue weighted by Gasteiger charge is -2.17. The fourth-order valence-electron chi connectivity index (χ4n) is 1.74. The molecule has 1 aliphatic carbocycles. The molecule has 0 heterocycles. The van der Waals surface area contributed by atoms with Crippen LogP contribution in [0.5, 0.6) is 0 Å². The molecule has 15 heavy (non-hydrogen) atoms. The third kappa shape index (κ3) is 3.16. The van der Waals surface area contributed by atoms with Gasteiger partial charge in [0.05, 0.1) is 0 Å². The van der Waals surface area contributed by atoms with Gasteiger partial charge in [-0.15, -0.1) is 11.8 Å². The van der Waals surface area contributed by atoms with Crippen LogP contribution in [0.15, 0.2) is 34.4 Å². The molecular weight excluding hydrogens is 202 g/mol. The van der Waals surface area contributed by atoms with Crippen LogP contribution in [-0.2, 0) is 0 Å². The summed E-state index contributed by atoms with van der Waals surface area (Å²) < 4.78 is 0. The van der Waals surface area contributed by atoms with Gasteiger partial charge in [0, 0.05) is 17.6 Å². The van der Waals surface area contributed by atoms with Crippen molar-refractivity contribution in [3.05, 3.63) is 34.4 Å². The van der Waals surface area contributed by atoms with Gasteiger partial charge in [-0.25, -0.2) is 0 Å². The van der Waals surface area contributed by atoms with Gasteiger partial charge in [0.15, 0.2) is 0 Å². The van der Waals surface area contributed by atoms with E-state index in [1.165, 1.54) is 29.0 Å². The van der Waals surface area contributed by atoms with Crippen LogP contribution in [0.25, 0.3) is 0 Å². The van der Waals surface area contributed by atoms with Crippen molar-refractivity contribution in [3.8, 4) is 0 Å².